The van der Waals surface area contributed by atoms with Crippen molar-refractivity contribution in [2.24, 2.45) is 0 Å². The minimum Gasteiger partial charge on any atom is -0.494 e. The van der Waals surface area contributed by atoms with Gasteiger partial charge in [0.05, 0.1) is 6.61 Å². The molecule has 1 rings (SSSR count). The van der Waals surface area contributed by atoms with Crippen LogP contribution in [0.15, 0.2) is 18.2 Å². The van der Waals surface area contributed by atoms with E-state index < -0.39 is 0 Å². The fraction of sp³-hybridized carbons (Fsp3) is 0.625. The highest BCUT2D eigenvalue weighted by molar-refractivity contribution is 5.41. The van der Waals surface area contributed by atoms with Crippen LogP contribution in [0.3, 0.4) is 0 Å². The van der Waals surface area contributed by atoms with Crippen molar-refractivity contribution < 1.29 is 4.74 Å². The van der Waals surface area contributed by atoms with E-state index in [-0.39, 0.29) is 5.41 Å². The number of rotatable bonds is 4. The molecule has 1 aromatic rings. The van der Waals surface area contributed by atoms with Crippen LogP contribution < -0.4 is 4.74 Å². The first-order valence-corrected chi connectivity index (χ1v) is 6.63. The van der Waals surface area contributed by atoms with E-state index in [0.717, 1.165) is 18.8 Å². The van der Waals surface area contributed by atoms with Crippen molar-refractivity contribution in [3.8, 4) is 5.75 Å². The lowest BCUT2D eigenvalue weighted by molar-refractivity contribution is 0.316. The van der Waals surface area contributed by atoms with Crippen LogP contribution in [-0.4, -0.2) is 6.61 Å². The van der Waals surface area contributed by atoms with E-state index in [1.54, 1.807) is 0 Å². The maximum atomic E-state index is 5.71. The molecule has 0 heterocycles. The van der Waals surface area contributed by atoms with Crippen LogP contribution in [0.2, 0.25) is 0 Å². The van der Waals surface area contributed by atoms with Crippen LogP contribution in [0.4, 0.5) is 0 Å². The molecule has 0 N–H and O–H groups in total. The summed E-state index contributed by atoms with van der Waals surface area (Å²) in [6.07, 6.45) is 1.05. The third-order valence-electron chi connectivity index (χ3n) is 2.93. The molecule has 0 amide bonds. The summed E-state index contributed by atoms with van der Waals surface area (Å²) in [5.41, 5.74) is 3.03. The minimum atomic E-state index is 0.197. The van der Waals surface area contributed by atoms with E-state index in [1.807, 2.05) is 0 Å². The largest absolute Gasteiger partial charge is 0.494 e. The van der Waals surface area contributed by atoms with Crippen LogP contribution in [0.5, 0.6) is 5.75 Å². The van der Waals surface area contributed by atoms with Crippen molar-refractivity contribution in [3.63, 3.8) is 0 Å². The summed E-state index contributed by atoms with van der Waals surface area (Å²) in [6.45, 7) is 14.2. The Morgan fingerprint density at radius 3 is 2.29 bits per heavy atom. The Bertz CT molecular complexity index is 358. The normalized spacial score (nSPS) is 11.9. The molecule has 1 heteroatoms. The maximum absolute atomic E-state index is 5.71. The highest BCUT2D eigenvalue weighted by atomic mass is 16.5. The summed E-state index contributed by atoms with van der Waals surface area (Å²) in [4.78, 5) is 0. The van der Waals surface area contributed by atoms with Crippen LogP contribution >= 0.6 is 0 Å². The second-order valence-electron chi connectivity index (χ2n) is 6.00. The lowest BCUT2D eigenvalue weighted by Gasteiger charge is -2.25. The van der Waals surface area contributed by atoms with Gasteiger partial charge >= 0.3 is 0 Å². The van der Waals surface area contributed by atoms with E-state index in [2.05, 4.69) is 59.7 Å². The monoisotopic (exact) mass is 234 g/mol. The molecular formula is C16H26O. The molecule has 0 saturated heterocycles. The molecule has 0 aliphatic carbocycles. The molecule has 0 aliphatic rings. The molecule has 0 aliphatic heterocycles. The lowest BCUT2D eigenvalue weighted by Crippen LogP contribution is -2.15. The first-order valence-electron chi connectivity index (χ1n) is 6.63. The van der Waals surface area contributed by atoms with Crippen molar-refractivity contribution >= 4 is 0 Å². The van der Waals surface area contributed by atoms with Crippen molar-refractivity contribution in [3.05, 3.63) is 29.3 Å². The second-order valence-corrected chi connectivity index (χ2v) is 6.00. The van der Waals surface area contributed by atoms with Crippen LogP contribution in [0.1, 0.15) is 65.0 Å². The second kappa shape index (κ2) is 5.57. The van der Waals surface area contributed by atoms with Crippen molar-refractivity contribution in [1.82, 2.24) is 0 Å². The van der Waals surface area contributed by atoms with Gasteiger partial charge in [-0.3, -0.25) is 0 Å². The Kier molecular flexibility index (Phi) is 4.62. The van der Waals surface area contributed by atoms with Crippen LogP contribution in [0.25, 0.3) is 0 Å². The van der Waals surface area contributed by atoms with Gasteiger partial charge in [-0.1, -0.05) is 47.6 Å². The zero-order valence-electron chi connectivity index (χ0n) is 12.1. The molecule has 0 bridgehead atoms. The zero-order valence-corrected chi connectivity index (χ0v) is 12.1. The standard InChI is InChI=1S/C16H26O/c1-7-10-17-13-8-9-15(16(4,5)6)14(11-13)12(2)3/h8-9,11-12H,7,10H2,1-6H3. The van der Waals surface area contributed by atoms with Gasteiger partial charge in [0.1, 0.15) is 5.75 Å². The Balaban J connectivity index is 3.09. The summed E-state index contributed by atoms with van der Waals surface area (Å²) < 4.78 is 5.71. The molecule has 0 spiro atoms. The lowest BCUT2D eigenvalue weighted by atomic mass is 9.81. The molecule has 0 fully saturated rings. The van der Waals surface area contributed by atoms with Gasteiger partial charge in [0, 0.05) is 0 Å². The van der Waals surface area contributed by atoms with E-state index in [1.165, 1.54) is 11.1 Å². The Morgan fingerprint density at radius 2 is 1.82 bits per heavy atom. The van der Waals surface area contributed by atoms with Gasteiger partial charge in [-0.25, -0.2) is 0 Å². The van der Waals surface area contributed by atoms with E-state index in [0.29, 0.717) is 5.92 Å². The first kappa shape index (κ1) is 14.1. The van der Waals surface area contributed by atoms with E-state index >= 15 is 0 Å². The maximum Gasteiger partial charge on any atom is 0.119 e. The van der Waals surface area contributed by atoms with Gasteiger partial charge < -0.3 is 4.74 Å². The highest BCUT2D eigenvalue weighted by Gasteiger charge is 2.19. The van der Waals surface area contributed by atoms with Gasteiger partial charge in [0.25, 0.3) is 0 Å². The molecular weight excluding hydrogens is 208 g/mol. The number of hydrogen-bond donors (Lipinski definition) is 0. The molecule has 0 radical (unpaired) electrons. The summed E-state index contributed by atoms with van der Waals surface area (Å²) >= 11 is 0. The third-order valence-corrected chi connectivity index (χ3v) is 2.93. The van der Waals surface area contributed by atoms with Crippen molar-refractivity contribution in [1.29, 1.82) is 0 Å². The Morgan fingerprint density at radius 1 is 1.18 bits per heavy atom. The molecule has 17 heavy (non-hydrogen) atoms. The third kappa shape index (κ3) is 3.76. The average Bonchev–Trinajstić information content (AvgIpc) is 2.24. The van der Waals surface area contributed by atoms with E-state index in [4.69, 9.17) is 4.74 Å². The molecule has 0 unspecified atom stereocenters. The van der Waals surface area contributed by atoms with Gasteiger partial charge in [-0.2, -0.15) is 0 Å². The summed E-state index contributed by atoms with van der Waals surface area (Å²) in [6, 6.07) is 6.53. The average molecular weight is 234 g/mol. The topological polar surface area (TPSA) is 9.23 Å². The van der Waals surface area contributed by atoms with Crippen LogP contribution in [-0.2, 0) is 5.41 Å². The van der Waals surface area contributed by atoms with Gasteiger partial charge in [0.2, 0.25) is 0 Å². The van der Waals surface area contributed by atoms with Gasteiger partial charge in [0.15, 0.2) is 0 Å². The summed E-state index contributed by atoms with van der Waals surface area (Å²) in [5, 5.41) is 0. The van der Waals surface area contributed by atoms with Gasteiger partial charge in [-0.15, -0.1) is 0 Å². The predicted octanol–water partition coefficient (Wildman–Crippen LogP) is 4.90. The molecule has 1 nitrogen and oxygen atoms in total. The molecule has 0 aromatic heterocycles. The molecule has 0 saturated carbocycles. The summed E-state index contributed by atoms with van der Waals surface area (Å²) in [7, 11) is 0. The van der Waals surface area contributed by atoms with Gasteiger partial charge in [-0.05, 0) is 41.0 Å². The van der Waals surface area contributed by atoms with Crippen LogP contribution in [0, 0.1) is 0 Å². The molecule has 1 aromatic carbocycles. The number of ether oxygens (including phenoxy) is 1. The van der Waals surface area contributed by atoms with Crippen molar-refractivity contribution in [2.45, 2.75) is 59.3 Å². The fourth-order valence-corrected chi connectivity index (χ4v) is 2.01. The first-order chi connectivity index (χ1) is 7.86. The number of hydrogen-bond acceptors (Lipinski definition) is 1. The Hall–Kier alpha value is -0.980. The zero-order chi connectivity index (χ0) is 13.1. The summed E-state index contributed by atoms with van der Waals surface area (Å²) in [5.74, 6) is 1.54. The minimum absolute atomic E-state index is 0.197. The number of benzene rings is 1. The smallest absolute Gasteiger partial charge is 0.119 e. The molecule has 96 valence electrons. The predicted molar refractivity (Wildman–Crippen MR) is 75.0 cm³/mol. The Labute approximate surface area is 106 Å². The highest BCUT2D eigenvalue weighted by Crippen LogP contribution is 2.33. The quantitative estimate of drug-likeness (QED) is 0.720. The fourth-order valence-electron chi connectivity index (χ4n) is 2.01. The molecule has 0 atom stereocenters. The van der Waals surface area contributed by atoms with Crippen molar-refractivity contribution in [2.75, 3.05) is 6.61 Å². The SMILES string of the molecule is CCCOc1ccc(C(C)(C)C)c(C(C)C)c1. The van der Waals surface area contributed by atoms with E-state index in [9.17, 15) is 0 Å².